The molecule has 0 unspecified atom stereocenters. The molecule has 1 aromatic heterocycles. The molecule has 1 aromatic carbocycles. The predicted molar refractivity (Wildman–Crippen MR) is 103 cm³/mol. The molecule has 8 heteroatoms. The second-order valence-corrected chi connectivity index (χ2v) is 5.69. The van der Waals surface area contributed by atoms with E-state index in [-0.39, 0.29) is 22.5 Å². The maximum absolute atomic E-state index is 13.4. The number of ether oxygens (including phenoxy) is 2. The zero-order valence-corrected chi connectivity index (χ0v) is 16.2. The number of anilines is 1. The summed E-state index contributed by atoms with van der Waals surface area (Å²) in [6, 6.07) is 10.3. The van der Waals surface area contributed by atoms with Crippen molar-refractivity contribution < 1.29 is 19.1 Å². The van der Waals surface area contributed by atoms with Crippen LogP contribution in [0.5, 0.6) is 0 Å². The van der Waals surface area contributed by atoms with Crippen LogP contribution in [-0.2, 0) is 9.47 Å². The van der Waals surface area contributed by atoms with Gasteiger partial charge in [-0.3, -0.25) is 9.36 Å². The Labute approximate surface area is 162 Å². The lowest BCUT2D eigenvalue weighted by Crippen LogP contribution is -2.37. The Hall–Kier alpha value is -3.60. The van der Waals surface area contributed by atoms with Gasteiger partial charge >= 0.3 is 11.9 Å². The summed E-state index contributed by atoms with van der Waals surface area (Å²) in [5.41, 5.74) is -1.09. The Kier molecular flexibility index (Phi) is 6.55. The fourth-order valence-electron chi connectivity index (χ4n) is 3.03. The Balaban J connectivity index is 3.15. The third kappa shape index (κ3) is 3.47. The Morgan fingerprint density at radius 2 is 1.57 bits per heavy atom. The van der Waals surface area contributed by atoms with Crippen molar-refractivity contribution in [3.63, 3.8) is 0 Å². The van der Waals surface area contributed by atoms with Crippen LogP contribution in [0.25, 0.3) is 5.69 Å². The first kappa shape index (κ1) is 20.7. The predicted octanol–water partition coefficient (Wildman–Crippen LogP) is 2.13. The van der Waals surface area contributed by atoms with Crippen LogP contribution in [0.15, 0.2) is 35.1 Å². The lowest BCUT2D eigenvalue weighted by atomic mass is 10.0. The van der Waals surface area contributed by atoms with E-state index in [1.54, 1.807) is 35.2 Å². The van der Waals surface area contributed by atoms with Gasteiger partial charge in [0.2, 0.25) is 0 Å². The number of pyridine rings is 1. The quantitative estimate of drug-likeness (QED) is 0.704. The van der Waals surface area contributed by atoms with Crippen LogP contribution in [0.1, 0.15) is 40.3 Å². The van der Waals surface area contributed by atoms with Gasteiger partial charge in [0.1, 0.15) is 28.6 Å². The van der Waals surface area contributed by atoms with E-state index in [0.29, 0.717) is 18.8 Å². The molecule has 0 bridgehead atoms. The monoisotopic (exact) mass is 383 g/mol. The van der Waals surface area contributed by atoms with E-state index in [0.717, 1.165) is 18.8 Å². The zero-order valence-electron chi connectivity index (χ0n) is 16.2. The van der Waals surface area contributed by atoms with Crippen LogP contribution in [0, 0.1) is 11.3 Å². The van der Waals surface area contributed by atoms with E-state index in [4.69, 9.17) is 9.47 Å². The summed E-state index contributed by atoms with van der Waals surface area (Å²) in [6.45, 7) is 4.42. The van der Waals surface area contributed by atoms with Crippen molar-refractivity contribution in [2.24, 2.45) is 0 Å². The van der Waals surface area contributed by atoms with Crippen molar-refractivity contribution in [3.8, 4) is 11.8 Å². The van der Waals surface area contributed by atoms with E-state index >= 15 is 0 Å². The summed E-state index contributed by atoms with van der Waals surface area (Å²) in [4.78, 5) is 40.2. The second-order valence-electron chi connectivity index (χ2n) is 5.69. The van der Waals surface area contributed by atoms with Gasteiger partial charge < -0.3 is 14.4 Å². The second kappa shape index (κ2) is 8.86. The number of benzene rings is 1. The van der Waals surface area contributed by atoms with Gasteiger partial charge in [0, 0.05) is 13.1 Å². The summed E-state index contributed by atoms with van der Waals surface area (Å²) in [5.74, 6) is -1.80. The summed E-state index contributed by atoms with van der Waals surface area (Å²) in [5, 5.41) is 9.77. The molecule has 0 saturated carbocycles. The molecule has 28 heavy (non-hydrogen) atoms. The molecule has 0 fully saturated rings. The Morgan fingerprint density at radius 1 is 1.04 bits per heavy atom. The average Bonchev–Trinajstić information content (AvgIpc) is 2.74. The molecule has 1 heterocycles. The first-order valence-corrected chi connectivity index (χ1v) is 8.66. The van der Waals surface area contributed by atoms with Crippen LogP contribution in [0.4, 0.5) is 5.69 Å². The highest BCUT2D eigenvalue weighted by Crippen LogP contribution is 2.27. The minimum Gasteiger partial charge on any atom is -0.465 e. The number of hydrogen-bond donors (Lipinski definition) is 0. The minimum atomic E-state index is -0.907. The third-order valence-electron chi connectivity index (χ3n) is 4.33. The molecule has 146 valence electrons. The lowest BCUT2D eigenvalue weighted by Gasteiger charge is -2.25. The number of esters is 2. The van der Waals surface area contributed by atoms with Crippen LogP contribution in [0.3, 0.4) is 0 Å². The summed E-state index contributed by atoms with van der Waals surface area (Å²) in [6.07, 6.45) is 0. The molecule has 0 spiro atoms. The SMILES string of the molecule is CCN(CC)c1c(C(=O)OC)c(C(=O)OC)c(C#N)n(-c2ccccc2)c1=O. The first-order valence-electron chi connectivity index (χ1n) is 8.66. The van der Waals surface area contributed by atoms with Gasteiger partial charge in [0.15, 0.2) is 0 Å². The molecule has 8 nitrogen and oxygen atoms in total. The number of para-hydroxylation sites is 1. The normalized spacial score (nSPS) is 10.1. The maximum Gasteiger partial charge on any atom is 0.341 e. The zero-order chi connectivity index (χ0) is 20.8. The van der Waals surface area contributed by atoms with Gasteiger partial charge in [-0.05, 0) is 26.0 Å². The van der Waals surface area contributed by atoms with E-state index in [2.05, 4.69) is 0 Å². The largest absolute Gasteiger partial charge is 0.465 e. The summed E-state index contributed by atoms with van der Waals surface area (Å²) >= 11 is 0. The number of carbonyl (C=O) groups excluding carboxylic acids is 2. The van der Waals surface area contributed by atoms with Crippen LogP contribution >= 0.6 is 0 Å². The van der Waals surface area contributed by atoms with Crippen molar-refractivity contribution in [2.75, 3.05) is 32.2 Å². The third-order valence-corrected chi connectivity index (χ3v) is 4.33. The highest BCUT2D eigenvalue weighted by molar-refractivity contribution is 6.08. The van der Waals surface area contributed by atoms with Crippen LogP contribution < -0.4 is 10.5 Å². The standard InChI is InChI=1S/C20H21N3O5/c1-5-22(6-2)17-16(20(26)28-4)15(19(25)27-3)14(12-21)23(18(17)24)13-10-8-7-9-11-13/h7-11H,5-6H2,1-4H3. The molecule has 2 aromatic rings. The van der Waals surface area contributed by atoms with Crippen molar-refractivity contribution in [1.29, 1.82) is 5.26 Å². The minimum absolute atomic E-state index is 0.0138. The summed E-state index contributed by atoms with van der Waals surface area (Å²) < 4.78 is 10.8. The number of carbonyl (C=O) groups is 2. The maximum atomic E-state index is 13.4. The van der Waals surface area contributed by atoms with Crippen molar-refractivity contribution >= 4 is 17.6 Å². The van der Waals surface area contributed by atoms with Gasteiger partial charge in [0.25, 0.3) is 5.56 Å². The van der Waals surface area contributed by atoms with Crippen LogP contribution in [0.2, 0.25) is 0 Å². The molecule has 0 radical (unpaired) electrons. The van der Waals surface area contributed by atoms with Gasteiger partial charge in [-0.15, -0.1) is 0 Å². The van der Waals surface area contributed by atoms with Crippen molar-refractivity contribution in [3.05, 3.63) is 57.5 Å². The molecule has 0 aliphatic heterocycles. The number of rotatable bonds is 6. The number of hydrogen-bond acceptors (Lipinski definition) is 7. The molecule has 0 amide bonds. The highest BCUT2D eigenvalue weighted by Gasteiger charge is 2.33. The van der Waals surface area contributed by atoms with Gasteiger partial charge in [-0.2, -0.15) is 5.26 Å². The molecular weight excluding hydrogens is 362 g/mol. The molecule has 2 rings (SSSR count). The van der Waals surface area contributed by atoms with Gasteiger partial charge in [-0.1, -0.05) is 18.2 Å². The number of nitrogens with zero attached hydrogens (tertiary/aromatic N) is 3. The Morgan fingerprint density at radius 3 is 2.04 bits per heavy atom. The lowest BCUT2D eigenvalue weighted by molar-refractivity contribution is 0.0554. The van der Waals surface area contributed by atoms with Crippen molar-refractivity contribution in [2.45, 2.75) is 13.8 Å². The van der Waals surface area contributed by atoms with E-state index < -0.39 is 17.5 Å². The molecular formula is C20H21N3O5. The first-order chi connectivity index (χ1) is 13.5. The van der Waals surface area contributed by atoms with E-state index in [1.807, 2.05) is 19.9 Å². The molecule has 0 aliphatic rings. The topological polar surface area (TPSA) is 102 Å². The van der Waals surface area contributed by atoms with Crippen molar-refractivity contribution in [1.82, 2.24) is 4.57 Å². The average molecular weight is 383 g/mol. The van der Waals surface area contributed by atoms with Crippen LogP contribution in [-0.4, -0.2) is 43.8 Å². The molecule has 0 saturated heterocycles. The fourth-order valence-corrected chi connectivity index (χ4v) is 3.03. The molecule has 0 aliphatic carbocycles. The number of aromatic nitrogens is 1. The molecule has 0 N–H and O–H groups in total. The van der Waals surface area contributed by atoms with Gasteiger partial charge in [-0.25, -0.2) is 9.59 Å². The Bertz CT molecular complexity index is 986. The van der Waals surface area contributed by atoms with Gasteiger partial charge in [0.05, 0.1) is 19.9 Å². The van der Waals surface area contributed by atoms with E-state index in [9.17, 15) is 19.6 Å². The number of methoxy groups -OCH3 is 2. The smallest absolute Gasteiger partial charge is 0.341 e. The fraction of sp³-hybridized carbons (Fsp3) is 0.300. The summed E-state index contributed by atoms with van der Waals surface area (Å²) in [7, 11) is 2.28. The highest BCUT2D eigenvalue weighted by atomic mass is 16.5. The molecule has 0 atom stereocenters. The number of nitriles is 1. The van der Waals surface area contributed by atoms with E-state index in [1.165, 1.54) is 0 Å².